The highest BCUT2D eigenvalue weighted by atomic mass is 16.2. The van der Waals surface area contributed by atoms with E-state index >= 15 is 0 Å². The van der Waals surface area contributed by atoms with Gasteiger partial charge in [-0.25, -0.2) is 0 Å². The Morgan fingerprint density at radius 3 is 2.90 bits per heavy atom. The van der Waals surface area contributed by atoms with Crippen LogP contribution in [0.1, 0.15) is 31.7 Å². The molecule has 5 nitrogen and oxygen atoms in total. The highest BCUT2D eigenvalue weighted by molar-refractivity contribution is 5.93. The molecule has 1 heterocycles. The SMILES string of the molecule is CC[C@H](C)c1ccccc1NC(=O)CN1CCNC(=O)C1. The van der Waals surface area contributed by atoms with Gasteiger partial charge in [0.15, 0.2) is 0 Å². The zero-order chi connectivity index (χ0) is 15.2. The van der Waals surface area contributed by atoms with Gasteiger partial charge >= 0.3 is 0 Å². The Balaban J connectivity index is 1.98. The molecule has 1 saturated heterocycles. The summed E-state index contributed by atoms with van der Waals surface area (Å²) in [5.41, 5.74) is 2.03. The molecule has 5 heteroatoms. The number of benzene rings is 1. The summed E-state index contributed by atoms with van der Waals surface area (Å²) in [4.78, 5) is 25.3. The van der Waals surface area contributed by atoms with Gasteiger partial charge in [-0.1, -0.05) is 32.0 Å². The molecular formula is C16H23N3O2. The second-order valence-corrected chi connectivity index (χ2v) is 5.51. The van der Waals surface area contributed by atoms with Crippen LogP contribution in [0.2, 0.25) is 0 Å². The van der Waals surface area contributed by atoms with Crippen LogP contribution in [-0.4, -0.2) is 42.9 Å². The van der Waals surface area contributed by atoms with E-state index in [0.717, 1.165) is 17.7 Å². The Hall–Kier alpha value is -1.88. The molecule has 2 amide bonds. The van der Waals surface area contributed by atoms with Crippen molar-refractivity contribution in [1.29, 1.82) is 0 Å². The lowest BCUT2D eigenvalue weighted by Crippen LogP contribution is -2.49. The van der Waals surface area contributed by atoms with Crippen LogP contribution in [0.4, 0.5) is 5.69 Å². The van der Waals surface area contributed by atoms with Crippen molar-refractivity contribution in [3.05, 3.63) is 29.8 Å². The molecule has 1 fully saturated rings. The normalized spacial score (nSPS) is 17.1. The molecule has 0 radical (unpaired) electrons. The van der Waals surface area contributed by atoms with Gasteiger partial charge in [0.2, 0.25) is 11.8 Å². The maximum atomic E-state index is 12.2. The van der Waals surface area contributed by atoms with Crippen molar-refractivity contribution in [2.24, 2.45) is 0 Å². The van der Waals surface area contributed by atoms with Gasteiger partial charge < -0.3 is 10.6 Å². The predicted molar refractivity (Wildman–Crippen MR) is 83.2 cm³/mol. The van der Waals surface area contributed by atoms with E-state index in [-0.39, 0.29) is 18.4 Å². The van der Waals surface area contributed by atoms with Gasteiger partial charge in [0.05, 0.1) is 13.1 Å². The summed E-state index contributed by atoms with van der Waals surface area (Å²) in [6.45, 7) is 6.15. The standard InChI is InChI=1S/C16H23N3O2/c1-3-12(2)13-6-4-5-7-14(13)18-16(21)11-19-9-8-17-15(20)10-19/h4-7,12H,3,8-11H2,1-2H3,(H,17,20)(H,18,21)/t12-/m0/s1. The molecule has 21 heavy (non-hydrogen) atoms. The average Bonchev–Trinajstić information content (AvgIpc) is 2.47. The quantitative estimate of drug-likeness (QED) is 0.865. The van der Waals surface area contributed by atoms with E-state index in [1.807, 2.05) is 23.1 Å². The van der Waals surface area contributed by atoms with Gasteiger partial charge in [-0.15, -0.1) is 0 Å². The second kappa shape index (κ2) is 7.22. The molecule has 0 unspecified atom stereocenters. The lowest BCUT2D eigenvalue weighted by molar-refractivity contribution is -0.125. The lowest BCUT2D eigenvalue weighted by Gasteiger charge is -2.26. The number of anilines is 1. The summed E-state index contributed by atoms with van der Waals surface area (Å²) in [5, 5.41) is 5.73. The lowest BCUT2D eigenvalue weighted by atomic mass is 9.97. The van der Waals surface area contributed by atoms with Gasteiger partial charge in [-0.2, -0.15) is 0 Å². The van der Waals surface area contributed by atoms with Crippen molar-refractivity contribution in [3.8, 4) is 0 Å². The fraction of sp³-hybridized carbons (Fsp3) is 0.500. The first-order chi connectivity index (χ1) is 10.1. The van der Waals surface area contributed by atoms with Gasteiger partial charge in [-0.3, -0.25) is 14.5 Å². The van der Waals surface area contributed by atoms with E-state index < -0.39 is 0 Å². The van der Waals surface area contributed by atoms with Gasteiger partial charge in [0, 0.05) is 18.8 Å². The van der Waals surface area contributed by atoms with Crippen LogP contribution in [0.25, 0.3) is 0 Å². The highest BCUT2D eigenvalue weighted by Gasteiger charge is 2.19. The predicted octanol–water partition coefficient (Wildman–Crippen LogP) is 1.57. The van der Waals surface area contributed by atoms with Crippen molar-refractivity contribution < 1.29 is 9.59 Å². The Kier molecular flexibility index (Phi) is 5.33. The minimum absolute atomic E-state index is 0.0194. The van der Waals surface area contributed by atoms with Crippen LogP contribution in [0, 0.1) is 0 Å². The molecule has 0 aliphatic carbocycles. The number of nitrogens with zero attached hydrogens (tertiary/aromatic N) is 1. The summed E-state index contributed by atoms with van der Waals surface area (Å²) in [6, 6.07) is 7.91. The van der Waals surface area contributed by atoms with Crippen LogP contribution >= 0.6 is 0 Å². The minimum Gasteiger partial charge on any atom is -0.354 e. The molecule has 0 spiro atoms. The fourth-order valence-electron chi connectivity index (χ4n) is 2.48. The number of piperazine rings is 1. The number of hydrogen-bond donors (Lipinski definition) is 2. The number of hydrogen-bond acceptors (Lipinski definition) is 3. The number of para-hydroxylation sites is 1. The zero-order valence-corrected chi connectivity index (χ0v) is 12.7. The highest BCUT2D eigenvalue weighted by Crippen LogP contribution is 2.26. The first-order valence-electron chi connectivity index (χ1n) is 7.48. The van der Waals surface area contributed by atoms with Crippen molar-refractivity contribution in [2.45, 2.75) is 26.2 Å². The largest absolute Gasteiger partial charge is 0.354 e. The summed E-state index contributed by atoms with van der Waals surface area (Å²) < 4.78 is 0. The molecule has 0 bridgehead atoms. The Morgan fingerprint density at radius 1 is 1.43 bits per heavy atom. The molecule has 1 aromatic carbocycles. The monoisotopic (exact) mass is 289 g/mol. The smallest absolute Gasteiger partial charge is 0.238 e. The van der Waals surface area contributed by atoms with E-state index in [2.05, 4.69) is 30.5 Å². The summed E-state index contributed by atoms with van der Waals surface area (Å²) in [7, 11) is 0. The Bertz CT molecular complexity index is 516. The van der Waals surface area contributed by atoms with E-state index in [1.54, 1.807) is 0 Å². The van der Waals surface area contributed by atoms with Crippen molar-refractivity contribution in [2.75, 3.05) is 31.5 Å². The van der Waals surface area contributed by atoms with Gasteiger partial charge in [0.1, 0.15) is 0 Å². The van der Waals surface area contributed by atoms with Crippen LogP contribution in [0.3, 0.4) is 0 Å². The minimum atomic E-state index is -0.0690. The number of carbonyl (C=O) groups excluding carboxylic acids is 2. The topological polar surface area (TPSA) is 61.4 Å². The van der Waals surface area contributed by atoms with Crippen LogP contribution < -0.4 is 10.6 Å². The van der Waals surface area contributed by atoms with E-state index in [0.29, 0.717) is 25.6 Å². The molecule has 1 aliphatic rings. The first kappa shape index (κ1) is 15.5. The third-order valence-corrected chi connectivity index (χ3v) is 3.86. The molecule has 0 aromatic heterocycles. The molecule has 2 rings (SSSR count). The van der Waals surface area contributed by atoms with Gasteiger partial charge in [-0.05, 0) is 24.0 Å². The number of amides is 2. The molecule has 1 aromatic rings. The molecule has 1 aliphatic heterocycles. The van der Waals surface area contributed by atoms with E-state index in [4.69, 9.17) is 0 Å². The zero-order valence-electron chi connectivity index (χ0n) is 12.7. The molecule has 2 N–H and O–H groups in total. The maximum absolute atomic E-state index is 12.2. The third kappa shape index (κ3) is 4.29. The fourth-order valence-corrected chi connectivity index (χ4v) is 2.48. The van der Waals surface area contributed by atoms with Gasteiger partial charge in [0.25, 0.3) is 0 Å². The average molecular weight is 289 g/mol. The summed E-state index contributed by atoms with van der Waals surface area (Å²) in [6.07, 6.45) is 1.03. The van der Waals surface area contributed by atoms with E-state index in [1.165, 1.54) is 0 Å². The number of carbonyl (C=O) groups is 2. The first-order valence-corrected chi connectivity index (χ1v) is 7.48. The van der Waals surface area contributed by atoms with E-state index in [9.17, 15) is 9.59 Å². The maximum Gasteiger partial charge on any atom is 0.238 e. The molecule has 1 atom stereocenters. The Labute approximate surface area is 125 Å². The number of rotatable bonds is 5. The molecular weight excluding hydrogens is 266 g/mol. The van der Waals surface area contributed by atoms with Crippen molar-refractivity contribution >= 4 is 17.5 Å². The number of nitrogens with one attached hydrogen (secondary N) is 2. The van der Waals surface area contributed by atoms with Crippen LogP contribution in [0.15, 0.2) is 24.3 Å². The Morgan fingerprint density at radius 2 is 2.19 bits per heavy atom. The third-order valence-electron chi connectivity index (χ3n) is 3.86. The van der Waals surface area contributed by atoms with Crippen LogP contribution in [-0.2, 0) is 9.59 Å². The van der Waals surface area contributed by atoms with Crippen molar-refractivity contribution in [3.63, 3.8) is 0 Å². The van der Waals surface area contributed by atoms with Crippen LogP contribution in [0.5, 0.6) is 0 Å². The molecule has 0 saturated carbocycles. The second-order valence-electron chi connectivity index (χ2n) is 5.51. The van der Waals surface area contributed by atoms with Crippen molar-refractivity contribution in [1.82, 2.24) is 10.2 Å². The molecule has 114 valence electrons. The summed E-state index contributed by atoms with van der Waals surface area (Å²) >= 11 is 0. The summed E-state index contributed by atoms with van der Waals surface area (Å²) in [5.74, 6) is 0.316.